The molecule has 0 aliphatic rings. The van der Waals surface area contributed by atoms with Gasteiger partial charge in [-0.3, -0.25) is 4.39 Å². The number of rotatable bonds is 4. The summed E-state index contributed by atoms with van der Waals surface area (Å²) in [6, 6.07) is 3.52. The molecule has 0 aliphatic carbocycles. The lowest BCUT2D eigenvalue weighted by Gasteiger charge is -2.01. The summed E-state index contributed by atoms with van der Waals surface area (Å²) < 4.78 is 11.7. The number of halogens is 1. The van der Waals surface area contributed by atoms with Crippen molar-refractivity contribution in [1.82, 2.24) is 10.2 Å². The van der Waals surface area contributed by atoms with Gasteiger partial charge < -0.3 is 5.32 Å². The fourth-order valence-corrected chi connectivity index (χ4v) is 0.798. The van der Waals surface area contributed by atoms with Crippen molar-refractivity contribution in [3.8, 4) is 6.07 Å². The van der Waals surface area contributed by atoms with Gasteiger partial charge in [-0.15, -0.1) is 5.10 Å². The second-order valence-electron chi connectivity index (χ2n) is 2.41. The van der Waals surface area contributed by atoms with Crippen LogP contribution in [-0.4, -0.2) is 23.4 Å². The molecular weight excluding hydrogens is 171 g/mol. The number of aromatic nitrogens is 2. The topological polar surface area (TPSA) is 61.6 Å². The van der Waals surface area contributed by atoms with Crippen LogP contribution in [-0.2, 0) is 0 Å². The molecule has 1 heterocycles. The zero-order valence-corrected chi connectivity index (χ0v) is 7.00. The SMILES string of the molecule is N#Cc1cnnc(NCCCF)c1. The predicted molar refractivity (Wildman–Crippen MR) is 45.8 cm³/mol. The number of hydrogen-bond acceptors (Lipinski definition) is 4. The highest BCUT2D eigenvalue weighted by Gasteiger charge is 1.95. The molecular formula is C8H9FN4. The standard InChI is InChI=1S/C8H9FN4/c9-2-1-3-11-8-4-7(5-10)6-12-13-8/h4,6H,1-3H2,(H,11,13). The van der Waals surface area contributed by atoms with Gasteiger partial charge in [0, 0.05) is 12.6 Å². The first kappa shape index (κ1) is 9.39. The molecule has 0 fully saturated rings. The first-order valence-electron chi connectivity index (χ1n) is 3.89. The molecule has 1 N–H and O–H groups in total. The molecule has 5 heteroatoms. The molecule has 0 aliphatic heterocycles. The third-order valence-corrected chi connectivity index (χ3v) is 1.40. The molecule has 0 bridgehead atoms. The summed E-state index contributed by atoms with van der Waals surface area (Å²) in [4.78, 5) is 0. The van der Waals surface area contributed by atoms with Crippen LogP contribution >= 0.6 is 0 Å². The summed E-state index contributed by atoms with van der Waals surface area (Å²) in [5.74, 6) is 0.507. The molecule has 4 nitrogen and oxygen atoms in total. The summed E-state index contributed by atoms with van der Waals surface area (Å²) in [6.45, 7) is 0.137. The monoisotopic (exact) mass is 180 g/mol. The normalized spacial score (nSPS) is 9.23. The average molecular weight is 180 g/mol. The molecule has 0 saturated carbocycles. The maximum Gasteiger partial charge on any atom is 0.149 e. The minimum atomic E-state index is -0.363. The van der Waals surface area contributed by atoms with E-state index in [0.29, 0.717) is 24.3 Å². The maximum atomic E-state index is 11.7. The highest BCUT2D eigenvalue weighted by molar-refractivity contribution is 5.40. The van der Waals surface area contributed by atoms with Crippen LogP contribution in [0.3, 0.4) is 0 Å². The lowest BCUT2D eigenvalue weighted by molar-refractivity contribution is 0.481. The molecule has 0 amide bonds. The van der Waals surface area contributed by atoms with E-state index >= 15 is 0 Å². The number of anilines is 1. The molecule has 13 heavy (non-hydrogen) atoms. The van der Waals surface area contributed by atoms with E-state index in [4.69, 9.17) is 5.26 Å². The van der Waals surface area contributed by atoms with Crippen molar-refractivity contribution in [2.24, 2.45) is 0 Å². The van der Waals surface area contributed by atoms with E-state index in [0.717, 1.165) is 0 Å². The van der Waals surface area contributed by atoms with Gasteiger partial charge in [0.2, 0.25) is 0 Å². The van der Waals surface area contributed by atoms with E-state index in [1.54, 1.807) is 6.07 Å². The Kier molecular flexibility index (Phi) is 3.64. The lowest BCUT2D eigenvalue weighted by atomic mass is 10.3. The smallest absolute Gasteiger partial charge is 0.149 e. The van der Waals surface area contributed by atoms with Crippen molar-refractivity contribution in [2.75, 3.05) is 18.5 Å². The molecule has 0 saturated heterocycles. The summed E-state index contributed by atoms with van der Waals surface area (Å²) in [5.41, 5.74) is 0.442. The maximum absolute atomic E-state index is 11.7. The van der Waals surface area contributed by atoms with Crippen molar-refractivity contribution in [2.45, 2.75) is 6.42 Å². The van der Waals surface area contributed by atoms with Gasteiger partial charge in [-0.25, -0.2) is 0 Å². The first-order valence-corrected chi connectivity index (χ1v) is 3.89. The van der Waals surface area contributed by atoms with Crippen molar-refractivity contribution >= 4 is 5.82 Å². The van der Waals surface area contributed by atoms with Gasteiger partial charge in [-0.05, 0) is 6.42 Å². The van der Waals surface area contributed by atoms with Crippen molar-refractivity contribution in [1.29, 1.82) is 5.26 Å². The average Bonchev–Trinajstić information content (AvgIpc) is 2.19. The Hall–Kier alpha value is -1.70. The van der Waals surface area contributed by atoms with Crippen LogP contribution < -0.4 is 5.32 Å². The molecule has 0 unspecified atom stereocenters. The van der Waals surface area contributed by atoms with E-state index in [-0.39, 0.29) is 6.67 Å². The van der Waals surface area contributed by atoms with Gasteiger partial charge in [0.15, 0.2) is 0 Å². The third kappa shape index (κ3) is 3.03. The van der Waals surface area contributed by atoms with E-state index in [1.807, 2.05) is 6.07 Å². The summed E-state index contributed by atoms with van der Waals surface area (Å²) in [5, 5.41) is 18.7. The van der Waals surface area contributed by atoms with Crippen LogP contribution in [0.1, 0.15) is 12.0 Å². The Morgan fingerprint density at radius 3 is 3.15 bits per heavy atom. The fraction of sp³-hybridized carbons (Fsp3) is 0.375. The Bertz CT molecular complexity index is 307. The van der Waals surface area contributed by atoms with Gasteiger partial charge in [0.25, 0.3) is 0 Å². The van der Waals surface area contributed by atoms with Crippen LogP contribution in [0.15, 0.2) is 12.3 Å². The van der Waals surface area contributed by atoms with E-state index in [1.165, 1.54) is 6.20 Å². The number of nitrogens with zero attached hydrogens (tertiary/aromatic N) is 3. The Labute approximate surface area is 75.4 Å². The van der Waals surface area contributed by atoms with Crippen LogP contribution in [0.5, 0.6) is 0 Å². The lowest BCUT2D eigenvalue weighted by Crippen LogP contribution is -2.04. The van der Waals surface area contributed by atoms with Gasteiger partial charge in [0.05, 0.1) is 18.4 Å². The van der Waals surface area contributed by atoms with Crippen LogP contribution in [0.25, 0.3) is 0 Å². The molecule has 0 aromatic carbocycles. The number of nitrogens with one attached hydrogen (secondary N) is 1. The van der Waals surface area contributed by atoms with Crippen LogP contribution in [0.4, 0.5) is 10.2 Å². The molecule has 1 rings (SSSR count). The first-order chi connectivity index (χ1) is 6.36. The highest BCUT2D eigenvalue weighted by Crippen LogP contribution is 2.02. The quantitative estimate of drug-likeness (QED) is 0.705. The highest BCUT2D eigenvalue weighted by atomic mass is 19.1. The number of hydrogen-bond donors (Lipinski definition) is 1. The third-order valence-electron chi connectivity index (χ3n) is 1.40. The van der Waals surface area contributed by atoms with E-state index in [9.17, 15) is 4.39 Å². The second kappa shape index (κ2) is 5.04. The fourth-order valence-electron chi connectivity index (χ4n) is 0.798. The van der Waals surface area contributed by atoms with Gasteiger partial charge in [-0.1, -0.05) is 0 Å². The van der Waals surface area contributed by atoms with Gasteiger partial charge in [-0.2, -0.15) is 10.4 Å². The van der Waals surface area contributed by atoms with Crippen LogP contribution in [0, 0.1) is 11.3 Å². The van der Waals surface area contributed by atoms with Crippen molar-refractivity contribution < 1.29 is 4.39 Å². The van der Waals surface area contributed by atoms with Crippen molar-refractivity contribution in [3.63, 3.8) is 0 Å². The zero-order valence-electron chi connectivity index (χ0n) is 7.00. The summed E-state index contributed by atoms with van der Waals surface area (Å²) >= 11 is 0. The summed E-state index contributed by atoms with van der Waals surface area (Å²) in [6.07, 6.45) is 1.80. The molecule has 0 atom stereocenters. The predicted octanol–water partition coefficient (Wildman–Crippen LogP) is 1.12. The molecule has 0 spiro atoms. The minimum absolute atomic E-state index is 0.363. The van der Waals surface area contributed by atoms with Gasteiger partial charge >= 0.3 is 0 Å². The zero-order chi connectivity index (χ0) is 9.52. The molecule has 68 valence electrons. The molecule has 1 aromatic rings. The molecule has 0 radical (unpaired) electrons. The minimum Gasteiger partial charge on any atom is -0.368 e. The van der Waals surface area contributed by atoms with E-state index < -0.39 is 0 Å². The Balaban J connectivity index is 2.52. The molecule has 1 aromatic heterocycles. The number of nitriles is 1. The Morgan fingerprint density at radius 1 is 1.62 bits per heavy atom. The largest absolute Gasteiger partial charge is 0.368 e. The van der Waals surface area contributed by atoms with E-state index in [2.05, 4.69) is 15.5 Å². The summed E-state index contributed by atoms with van der Waals surface area (Å²) in [7, 11) is 0. The number of alkyl halides is 1. The van der Waals surface area contributed by atoms with Crippen LogP contribution in [0.2, 0.25) is 0 Å². The Morgan fingerprint density at radius 2 is 2.46 bits per heavy atom. The second-order valence-corrected chi connectivity index (χ2v) is 2.41. The van der Waals surface area contributed by atoms with Crippen molar-refractivity contribution in [3.05, 3.63) is 17.8 Å². The van der Waals surface area contributed by atoms with Gasteiger partial charge in [0.1, 0.15) is 11.9 Å².